The monoisotopic (exact) mass is 798 g/mol. The van der Waals surface area contributed by atoms with E-state index in [4.69, 9.17) is 4.74 Å². The SMILES string of the molecule is CCC(C)CC(NC(=O)C1[C@@H](CC(C)(C)O)CCN1C(=O)C(NC(=O)OC(C)C)C1(C)CCCCC1)C(=O)C(=O)NCC(=O)NC(C(=O)CNC)c1ccccc1. The van der Waals surface area contributed by atoms with Crippen LogP contribution in [0.15, 0.2) is 30.3 Å². The zero-order valence-electron chi connectivity index (χ0n) is 35.1. The van der Waals surface area contributed by atoms with Gasteiger partial charge in [-0.2, -0.15) is 0 Å². The van der Waals surface area contributed by atoms with Gasteiger partial charge in [0.2, 0.25) is 23.5 Å². The summed E-state index contributed by atoms with van der Waals surface area (Å²) in [5.74, 6) is -4.77. The molecule has 2 aliphatic rings. The lowest BCUT2D eigenvalue weighted by molar-refractivity contribution is -0.146. The Labute approximate surface area is 337 Å². The summed E-state index contributed by atoms with van der Waals surface area (Å²) in [7, 11) is 1.61. The van der Waals surface area contributed by atoms with Crippen LogP contribution in [0.25, 0.3) is 0 Å². The van der Waals surface area contributed by atoms with E-state index in [1.165, 1.54) is 4.90 Å². The molecule has 5 amide bonds. The standard InChI is InChI=1S/C42H66N6O9/c1-9-27(4)22-30(35(51)38(53)44-25-32(50)46-33(31(49)24-43-8)28-16-12-10-13-17-28)45-37(52)34-29(23-41(5,6)56)18-21-48(34)39(54)36(47-40(55)57-26(2)3)42(7)19-14-11-15-20-42/h10,12-13,16-17,26-27,29-30,33-34,36,43,56H,9,11,14-15,18-25H2,1-8H3,(H,44,53)(H,45,52)(H,46,50)(H,47,55)/t27?,29-,30?,33?,34?,36?/m1/s1. The molecule has 15 nitrogen and oxygen atoms in total. The second-order valence-electron chi connectivity index (χ2n) is 17.1. The predicted octanol–water partition coefficient (Wildman–Crippen LogP) is 3.09. The van der Waals surface area contributed by atoms with Gasteiger partial charge in [-0.05, 0) is 89.7 Å². The second kappa shape index (κ2) is 21.4. The maximum Gasteiger partial charge on any atom is 0.408 e. The van der Waals surface area contributed by atoms with Gasteiger partial charge in [-0.1, -0.05) is 76.8 Å². The minimum atomic E-state index is -1.30. The molecule has 1 heterocycles. The van der Waals surface area contributed by atoms with Crippen molar-refractivity contribution in [2.75, 3.05) is 26.7 Å². The fourth-order valence-corrected chi connectivity index (χ4v) is 7.98. The molecule has 2 fully saturated rings. The number of hydrogen-bond donors (Lipinski definition) is 6. The number of nitrogens with zero attached hydrogens (tertiary/aromatic N) is 1. The van der Waals surface area contributed by atoms with Crippen LogP contribution in [0.2, 0.25) is 0 Å². The highest BCUT2D eigenvalue weighted by Gasteiger charge is 2.50. The molecule has 57 heavy (non-hydrogen) atoms. The first-order chi connectivity index (χ1) is 26.8. The molecule has 0 radical (unpaired) electrons. The van der Waals surface area contributed by atoms with Crippen LogP contribution in [0.4, 0.5) is 4.79 Å². The Bertz CT molecular complexity index is 1560. The number of benzene rings is 1. The van der Waals surface area contributed by atoms with Crippen molar-refractivity contribution in [3.05, 3.63) is 35.9 Å². The smallest absolute Gasteiger partial charge is 0.408 e. The normalized spacial score (nSPS) is 20.1. The quantitative estimate of drug-likeness (QED) is 0.106. The minimum Gasteiger partial charge on any atom is -0.447 e. The highest BCUT2D eigenvalue weighted by Crippen LogP contribution is 2.41. The van der Waals surface area contributed by atoms with Crippen LogP contribution < -0.4 is 26.6 Å². The molecule has 1 aromatic carbocycles. The number of ketones is 2. The van der Waals surface area contributed by atoms with E-state index in [-0.39, 0.29) is 37.6 Å². The zero-order chi connectivity index (χ0) is 42.5. The number of hydrogen-bond acceptors (Lipinski definition) is 10. The molecule has 6 N–H and O–H groups in total. The Morgan fingerprint density at radius 3 is 2.18 bits per heavy atom. The summed E-state index contributed by atoms with van der Waals surface area (Å²) in [4.78, 5) is 96.5. The number of ether oxygens (including phenoxy) is 1. The number of carbonyl (C=O) groups excluding carboxylic acids is 7. The largest absolute Gasteiger partial charge is 0.447 e. The van der Waals surface area contributed by atoms with Crippen molar-refractivity contribution in [1.82, 2.24) is 31.5 Å². The van der Waals surface area contributed by atoms with Crippen LogP contribution >= 0.6 is 0 Å². The second-order valence-corrected chi connectivity index (χ2v) is 17.1. The van der Waals surface area contributed by atoms with E-state index in [1.54, 1.807) is 65.1 Å². The highest BCUT2D eigenvalue weighted by atomic mass is 16.6. The van der Waals surface area contributed by atoms with E-state index in [0.29, 0.717) is 31.2 Å². The average Bonchev–Trinajstić information content (AvgIpc) is 3.56. The average molecular weight is 799 g/mol. The number of likely N-dealkylation sites (N-methyl/N-ethyl adjacent to an activating group) is 1. The Balaban J connectivity index is 1.86. The van der Waals surface area contributed by atoms with Crippen LogP contribution in [0.1, 0.15) is 118 Å². The van der Waals surface area contributed by atoms with Gasteiger partial charge < -0.3 is 41.3 Å². The maximum atomic E-state index is 14.7. The molecule has 0 spiro atoms. The van der Waals surface area contributed by atoms with Crippen LogP contribution in [-0.2, 0) is 33.5 Å². The number of likely N-dealkylation sites (tertiary alicyclic amines) is 1. The Morgan fingerprint density at radius 1 is 0.947 bits per heavy atom. The molecule has 3 rings (SSSR count). The minimum absolute atomic E-state index is 0.0104. The van der Waals surface area contributed by atoms with Crippen molar-refractivity contribution < 1.29 is 43.4 Å². The number of Topliss-reactive ketones (excluding diaryl/α,β-unsaturated/α-hetero) is 2. The van der Waals surface area contributed by atoms with Crippen molar-refractivity contribution in [2.45, 2.75) is 142 Å². The first-order valence-electron chi connectivity index (χ1n) is 20.4. The molecule has 1 aliphatic heterocycles. The van der Waals surface area contributed by atoms with E-state index in [2.05, 4.69) is 26.6 Å². The number of nitrogens with one attached hydrogen (secondary N) is 5. The summed E-state index contributed by atoms with van der Waals surface area (Å²) >= 11 is 0. The molecule has 6 atom stereocenters. The summed E-state index contributed by atoms with van der Waals surface area (Å²) in [6, 6.07) is 4.24. The van der Waals surface area contributed by atoms with Crippen molar-refractivity contribution in [3.63, 3.8) is 0 Å². The van der Waals surface area contributed by atoms with Crippen molar-refractivity contribution in [3.8, 4) is 0 Å². The molecule has 0 aromatic heterocycles. The molecular weight excluding hydrogens is 732 g/mol. The van der Waals surface area contributed by atoms with Crippen molar-refractivity contribution >= 4 is 41.3 Å². The predicted molar refractivity (Wildman–Crippen MR) is 215 cm³/mol. The first-order valence-corrected chi connectivity index (χ1v) is 20.4. The molecule has 318 valence electrons. The van der Waals surface area contributed by atoms with Gasteiger partial charge in [-0.15, -0.1) is 0 Å². The van der Waals surface area contributed by atoms with E-state index >= 15 is 0 Å². The zero-order valence-corrected chi connectivity index (χ0v) is 35.1. The summed E-state index contributed by atoms with van der Waals surface area (Å²) < 4.78 is 5.38. The Hall–Kier alpha value is -4.37. The highest BCUT2D eigenvalue weighted by molar-refractivity contribution is 6.38. The molecule has 5 unspecified atom stereocenters. The molecule has 15 heteroatoms. The van der Waals surface area contributed by atoms with Gasteiger partial charge in [-0.3, -0.25) is 28.8 Å². The number of rotatable bonds is 20. The van der Waals surface area contributed by atoms with Gasteiger partial charge in [0, 0.05) is 6.54 Å². The van der Waals surface area contributed by atoms with Crippen LogP contribution in [-0.4, -0.2) is 108 Å². The number of aliphatic hydroxyl groups is 1. The van der Waals surface area contributed by atoms with Crippen LogP contribution in [0.5, 0.6) is 0 Å². The Kier molecular flexibility index (Phi) is 17.7. The fraction of sp³-hybridized carbons (Fsp3) is 0.690. The summed E-state index contributed by atoms with van der Waals surface area (Å²) in [6.45, 7) is 12.0. The lowest BCUT2D eigenvalue weighted by Crippen LogP contribution is -2.61. The number of carbonyl (C=O) groups is 7. The van der Waals surface area contributed by atoms with Gasteiger partial charge >= 0.3 is 6.09 Å². The third-order valence-electron chi connectivity index (χ3n) is 11.1. The van der Waals surface area contributed by atoms with Gasteiger partial charge in [0.05, 0.1) is 30.8 Å². The molecule has 1 aromatic rings. The first kappa shape index (κ1) is 47.0. The van der Waals surface area contributed by atoms with Crippen LogP contribution in [0.3, 0.4) is 0 Å². The Morgan fingerprint density at radius 2 is 1.60 bits per heavy atom. The topological polar surface area (TPSA) is 212 Å². The molecule has 0 bridgehead atoms. The summed E-state index contributed by atoms with van der Waals surface area (Å²) in [5.41, 5.74) is -1.25. The summed E-state index contributed by atoms with van der Waals surface area (Å²) in [6.07, 6.45) is 4.25. The van der Waals surface area contributed by atoms with Gasteiger partial charge in [0.25, 0.3) is 5.91 Å². The van der Waals surface area contributed by atoms with Gasteiger partial charge in [-0.25, -0.2) is 4.79 Å². The number of alkyl carbamates (subject to hydrolysis) is 1. The molecule has 1 aliphatic carbocycles. The fourth-order valence-electron chi connectivity index (χ4n) is 7.98. The maximum absolute atomic E-state index is 14.7. The molecule has 1 saturated heterocycles. The van der Waals surface area contributed by atoms with Gasteiger partial charge in [0.15, 0.2) is 5.78 Å². The lowest BCUT2D eigenvalue weighted by atomic mass is 9.70. The van der Waals surface area contributed by atoms with Crippen molar-refractivity contribution in [2.24, 2.45) is 17.3 Å². The molecular formula is C42H66N6O9. The van der Waals surface area contributed by atoms with Crippen LogP contribution in [0, 0.1) is 17.3 Å². The number of amides is 5. The van der Waals surface area contributed by atoms with E-state index in [0.717, 1.165) is 19.3 Å². The lowest BCUT2D eigenvalue weighted by Gasteiger charge is -2.42. The van der Waals surface area contributed by atoms with Crippen molar-refractivity contribution in [1.29, 1.82) is 0 Å². The van der Waals surface area contributed by atoms with E-state index < -0.39 is 89.3 Å². The molecule has 1 saturated carbocycles. The van der Waals surface area contributed by atoms with E-state index in [1.807, 2.05) is 20.8 Å². The van der Waals surface area contributed by atoms with E-state index in [9.17, 15) is 38.7 Å². The third-order valence-corrected chi connectivity index (χ3v) is 11.1. The third kappa shape index (κ3) is 13.9. The summed E-state index contributed by atoms with van der Waals surface area (Å²) in [5, 5.41) is 24.2. The van der Waals surface area contributed by atoms with Gasteiger partial charge in [0.1, 0.15) is 18.1 Å².